The number of carbonyl (C=O) groups excluding carboxylic acids is 3. The Morgan fingerprint density at radius 3 is 2.38 bits per heavy atom. The monoisotopic (exact) mass is 448 g/mol. The quantitative estimate of drug-likeness (QED) is 0.271. The van der Waals surface area contributed by atoms with Gasteiger partial charge in [-0.2, -0.15) is 0 Å². The first-order chi connectivity index (χ1) is 15.4. The van der Waals surface area contributed by atoms with Crippen LogP contribution in [0.3, 0.4) is 0 Å². The lowest BCUT2D eigenvalue weighted by atomic mass is 10.1. The van der Waals surface area contributed by atoms with E-state index in [0.29, 0.717) is 22.6 Å². The minimum Gasteiger partial charge on any atom is -0.465 e. The summed E-state index contributed by atoms with van der Waals surface area (Å²) < 4.78 is 5.08. The highest BCUT2D eigenvalue weighted by Crippen LogP contribution is 2.12. The molecule has 3 rings (SSSR count). The van der Waals surface area contributed by atoms with E-state index in [1.54, 1.807) is 48.5 Å². The first-order valence-electron chi connectivity index (χ1n) is 9.52. The molecule has 1 heterocycles. The second kappa shape index (κ2) is 10.7. The Bertz CT molecular complexity index is 1160. The van der Waals surface area contributed by atoms with E-state index in [1.165, 1.54) is 18.4 Å². The molecule has 3 aromatic rings. The van der Waals surface area contributed by atoms with Crippen LogP contribution in [0.4, 0.5) is 5.69 Å². The molecule has 0 radical (unpaired) electrons. The summed E-state index contributed by atoms with van der Waals surface area (Å²) in [6, 6.07) is 17.0. The molecule has 0 fully saturated rings. The molecule has 4 N–H and O–H groups in total. The molecule has 8 nitrogen and oxygen atoms in total. The first kappa shape index (κ1) is 22.4. The van der Waals surface area contributed by atoms with E-state index < -0.39 is 11.8 Å². The molecule has 162 valence electrons. The van der Waals surface area contributed by atoms with Crippen molar-refractivity contribution in [2.45, 2.75) is 6.92 Å². The largest absolute Gasteiger partial charge is 0.465 e. The number of amides is 3. The van der Waals surface area contributed by atoms with Gasteiger partial charge in [0, 0.05) is 22.9 Å². The van der Waals surface area contributed by atoms with Crippen molar-refractivity contribution in [2.75, 3.05) is 5.32 Å². The van der Waals surface area contributed by atoms with Crippen LogP contribution in [0.2, 0.25) is 0 Å². The molecule has 0 aliphatic carbocycles. The Hall–Kier alpha value is -4.24. The fourth-order valence-corrected chi connectivity index (χ4v) is 2.76. The number of benzene rings is 2. The first-order valence-corrected chi connectivity index (χ1v) is 9.92. The minimum absolute atomic E-state index is 0.0746. The molecular weight excluding hydrogens is 428 g/mol. The molecule has 32 heavy (non-hydrogen) atoms. The lowest BCUT2D eigenvalue weighted by molar-refractivity contribution is -0.115. The summed E-state index contributed by atoms with van der Waals surface area (Å²) in [6.07, 6.45) is 4.22. The van der Waals surface area contributed by atoms with Crippen LogP contribution < -0.4 is 21.5 Å². The average molecular weight is 449 g/mol. The Balaban J connectivity index is 1.46. The lowest BCUT2D eigenvalue weighted by Crippen LogP contribution is -2.48. The van der Waals surface area contributed by atoms with Gasteiger partial charge in [0.2, 0.25) is 5.91 Å². The summed E-state index contributed by atoms with van der Waals surface area (Å²) in [4.78, 5) is 36.3. The van der Waals surface area contributed by atoms with Gasteiger partial charge in [-0.25, -0.2) is 0 Å². The van der Waals surface area contributed by atoms with Crippen molar-refractivity contribution in [3.8, 4) is 0 Å². The zero-order valence-corrected chi connectivity index (χ0v) is 17.9. The van der Waals surface area contributed by atoms with Crippen molar-refractivity contribution in [2.24, 2.45) is 0 Å². The van der Waals surface area contributed by atoms with E-state index >= 15 is 0 Å². The summed E-state index contributed by atoms with van der Waals surface area (Å²) >= 11 is 4.97. The van der Waals surface area contributed by atoms with E-state index in [-0.39, 0.29) is 11.0 Å². The van der Waals surface area contributed by atoms with E-state index in [9.17, 15) is 14.4 Å². The molecule has 3 amide bonds. The highest BCUT2D eigenvalue weighted by molar-refractivity contribution is 7.80. The van der Waals surface area contributed by atoms with Crippen molar-refractivity contribution >= 4 is 46.8 Å². The molecule has 2 aromatic carbocycles. The molecule has 0 atom stereocenters. The maximum Gasteiger partial charge on any atom is 0.269 e. The third kappa shape index (κ3) is 6.64. The van der Waals surface area contributed by atoms with Crippen molar-refractivity contribution in [3.05, 3.63) is 95.5 Å². The topological polar surface area (TPSA) is 112 Å². The average Bonchev–Trinajstić information content (AvgIpc) is 3.30. The fourth-order valence-electron chi connectivity index (χ4n) is 2.61. The molecule has 0 saturated heterocycles. The van der Waals surface area contributed by atoms with Gasteiger partial charge in [0.15, 0.2) is 5.11 Å². The molecule has 0 spiro atoms. The minimum atomic E-state index is -0.484. The van der Waals surface area contributed by atoms with Crippen LogP contribution in [0.1, 0.15) is 32.0 Å². The maximum absolute atomic E-state index is 12.3. The lowest BCUT2D eigenvalue weighted by Gasteiger charge is -2.10. The molecule has 0 bridgehead atoms. The van der Waals surface area contributed by atoms with Crippen LogP contribution in [0.5, 0.6) is 0 Å². The Kier molecular flexibility index (Phi) is 7.50. The Labute approximate surface area is 189 Å². The molecule has 0 saturated carbocycles. The summed E-state index contributed by atoms with van der Waals surface area (Å²) in [6.45, 7) is 1.91. The zero-order chi connectivity index (χ0) is 22.9. The third-order valence-electron chi connectivity index (χ3n) is 4.15. The Morgan fingerprint density at radius 1 is 0.906 bits per heavy atom. The SMILES string of the molecule is Cc1cccc(C(=O)Nc2ccc(C(=O)NNC(=S)NC(=O)/C=C/c3ccco3)cc2)c1. The van der Waals surface area contributed by atoms with E-state index in [2.05, 4.69) is 21.5 Å². The summed E-state index contributed by atoms with van der Waals surface area (Å²) in [7, 11) is 0. The maximum atomic E-state index is 12.3. The van der Waals surface area contributed by atoms with Crippen LogP contribution in [0.15, 0.2) is 77.4 Å². The third-order valence-corrected chi connectivity index (χ3v) is 4.36. The standard InChI is InChI=1S/C23H20N4O4S/c1-15-4-2-5-17(14-15)21(29)24-18-9-7-16(8-10-18)22(30)26-27-23(32)25-20(28)12-11-19-6-3-13-31-19/h2-14H,1H3,(H,24,29)(H,26,30)(H2,25,27,28,32)/b12-11+. The Morgan fingerprint density at radius 2 is 1.69 bits per heavy atom. The fraction of sp³-hybridized carbons (Fsp3) is 0.0435. The van der Waals surface area contributed by atoms with Crippen molar-refractivity contribution in [1.82, 2.24) is 16.2 Å². The number of thiocarbonyl (C=S) groups is 1. The molecule has 1 aromatic heterocycles. The highest BCUT2D eigenvalue weighted by Gasteiger charge is 2.09. The van der Waals surface area contributed by atoms with Crippen molar-refractivity contribution in [1.29, 1.82) is 0 Å². The molecule has 9 heteroatoms. The summed E-state index contributed by atoms with van der Waals surface area (Å²) in [5.41, 5.74) is 7.26. The highest BCUT2D eigenvalue weighted by atomic mass is 32.1. The number of anilines is 1. The van der Waals surface area contributed by atoms with Gasteiger partial charge in [-0.15, -0.1) is 0 Å². The zero-order valence-electron chi connectivity index (χ0n) is 17.0. The second-order valence-corrected chi connectivity index (χ2v) is 7.06. The normalized spacial score (nSPS) is 10.4. The van der Waals surface area contributed by atoms with Crippen LogP contribution in [0.25, 0.3) is 6.08 Å². The summed E-state index contributed by atoms with van der Waals surface area (Å²) in [5.74, 6) is -0.674. The van der Waals surface area contributed by atoms with Crippen LogP contribution in [-0.2, 0) is 4.79 Å². The number of rotatable bonds is 5. The van der Waals surface area contributed by atoms with Gasteiger partial charge in [-0.3, -0.25) is 30.6 Å². The predicted octanol–water partition coefficient (Wildman–Crippen LogP) is 3.19. The van der Waals surface area contributed by atoms with Gasteiger partial charge >= 0.3 is 0 Å². The number of hydrazine groups is 1. The number of hydrogen-bond acceptors (Lipinski definition) is 5. The number of hydrogen-bond donors (Lipinski definition) is 4. The van der Waals surface area contributed by atoms with Gasteiger partial charge in [0.05, 0.1) is 6.26 Å². The van der Waals surface area contributed by atoms with Gasteiger partial charge in [-0.1, -0.05) is 17.7 Å². The van der Waals surface area contributed by atoms with Gasteiger partial charge in [0.1, 0.15) is 5.76 Å². The molecule has 0 unspecified atom stereocenters. The van der Waals surface area contributed by atoms with Gasteiger partial charge < -0.3 is 9.73 Å². The molecule has 0 aliphatic heterocycles. The van der Waals surface area contributed by atoms with Crippen LogP contribution >= 0.6 is 12.2 Å². The number of carbonyl (C=O) groups is 3. The number of nitrogens with one attached hydrogen (secondary N) is 4. The van der Waals surface area contributed by atoms with Crippen molar-refractivity contribution < 1.29 is 18.8 Å². The predicted molar refractivity (Wildman–Crippen MR) is 125 cm³/mol. The van der Waals surface area contributed by atoms with Gasteiger partial charge in [-0.05, 0) is 73.7 Å². The summed E-state index contributed by atoms with van der Waals surface area (Å²) in [5, 5.41) is 5.09. The number of aryl methyl sites for hydroxylation is 1. The van der Waals surface area contributed by atoms with Crippen LogP contribution in [-0.4, -0.2) is 22.8 Å². The molecule has 0 aliphatic rings. The van der Waals surface area contributed by atoms with Crippen molar-refractivity contribution in [3.63, 3.8) is 0 Å². The molecular formula is C23H20N4O4S. The smallest absolute Gasteiger partial charge is 0.269 e. The van der Waals surface area contributed by atoms with E-state index in [0.717, 1.165) is 5.56 Å². The second-order valence-electron chi connectivity index (χ2n) is 6.65. The number of furan rings is 1. The van der Waals surface area contributed by atoms with E-state index in [1.807, 2.05) is 19.1 Å². The van der Waals surface area contributed by atoms with Crippen LogP contribution in [0, 0.1) is 6.92 Å². The van der Waals surface area contributed by atoms with E-state index in [4.69, 9.17) is 16.6 Å². The van der Waals surface area contributed by atoms with Gasteiger partial charge in [0.25, 0.3) is 11.8 Å².